The zero-order valence-electron chi connectivity index (χ0n) is 8.19. The molecule has 2 N–H and O–H groups in total. The average Bonchev–Trinajstić information content (AvgIpc) is 2.62. The molecule has 0 fully saturated rings. The van der Waals surface area contributed by atoms with Gasteiger partial charge in [-0.1, -0.05) is 6.08 Å². The number of hydrogen-bond donors (Lipinski definition) is 1. The lowest BCUT2D eigenvalue weighted by atomic mass is 10.3. The molecule has 1 atom stereocenters. The molecule has 0 amide bonds. The van der Waals surface area contributed by atoms with E-state index in [0.717, 1.165) is 4.88 Å². The van der Waals surface area contributed by atoms with Gasteiger partial charge in [-0.05, 0) is 25.1 Å². The SMILES string of the molecule is COC(=O)c1ccc(/C=C/C(C)N)s1. The number of carbonyl (C=O) groups excluding carboxylic acids is 1. The van der Waals surface area contributed by atoms with Crippen molar-refractivity contribution in [3.8, 4) is 0 Å². The van der Waals surface area contributed by atoms with Crippen LogP contribution in [0.2, 0.25) is 0 Å². The molecule has 1 rings (SSSR count). The van der Waals surface area contributed by atoms with Crippen LogP contribution in [-0.2, 0) is 4.74 Å². The largest absolute Gasteiger partial charge is 0.465 e. The molecule has 76 valence electrons. The van der Waals surface area contributed by atoms with Gasteiger partial charge in [-0.15, -0.1) is 11.3 Å². The summed E-state index contributed by atoms with van der Waals surface area (Å²) in [5.41, 5.74) is 5.56. The first-order valence-electron chi connectivity index (χ1n) is 4.25. The quantitative estimate of drug-likeness (QED) is 0.777. The minimum absolute atomic E-state index is 0.0266. The van der Waals surface area contributed by atoms with E-state index in [1.165, 1.54) is 18.4 Å². The topological polar surface area (TPSA) is 52.3 Å². The Morgan fingerprint density at radius 1 is 1.64 bits per heavy atom. The number of thiophene rings is 1. The van der Waals surface area contributed by atoms with E-state index in [-0.39, 0.29) is 12.0 Å². The molecule has 3 nitrogen and oxygen atoms in total. The summed E-state index contributed by atoms with van der Waals surface area (Å²) in [6, 6.07) is 3.64. The van der Waals surface area contributed by atoms with Crippen LogP contribution in [0, 0.1) is 0 Å². The van der Waals surface area contributed by atoms with Gasteiger partial charge in [0.1, 0.15) is 4.88 Å². The second-order valence-electron chi connectivity index (χ2n) is 2.91. The van der Waals surface area contributed by atoms with Crippen LogP contribution in [0.3, 0.4) is 0 Å². The smallest absolute Gasteiger partial charge is 0.348 e. The number of ether oxygens (including phenoxy) is 1. The van der Waals surface area contributed by atoms with Crippen LogP contribution in [0.15, 0.2) is 18.2 Å². The number of nitrogens with two attached hydrogens (primary N) is 1. The standard InChI is InChI=1S/C10H13NO2S/c1-7(11)3-4-8-5-6-9(14-8)10(12)13-2/h3-7H,11H2,1-2H3/b4-3+. The number of hydrogen-bond acceptors (Lipinski definition) is 4. The maximum absolute atomic E-state index is 11.1. The molecule has 4 heteroatoms. The van der Waals surface area contributed by atoms with Crippen molar-refractivity contribution in [1.29, 1.82) is 0 Å². The summed E-state index contributed by atoms with van der Waals surface area (Å²) in [5.74, 6) is -0.296. The Bertz CT molecular complexity index is 342. The highest BCUT2D eigenvalue weighted by Crippen LogP contribution is 2.18. The van der Waals surface area contributed by atoms with Crippen LogP contribution in [0.25, 0.3) is 6.08 Å². The fraction of sp³-hybridized carbons (Fsp3) is 0.300. The van der Waals surface area contributed by atoms with Crippen LogP contribution in [0.1, 0.15) is 21.5 Å². The lowest BCUT2D eigenvalue weighted by molar-refractivity contribution is 0.0606. The van der Waals surface area contributed by atoms with Crippen molar-refractivity contribution in [1.82, 2.24) is 0 Å². The van der Waals surface area contributed by atoms with E-state index in [2.05, 4.69) is 4.74 Å². The van der Waals surface area contributed by atoms with Crippen LogP contribution in [0.4, 0.5) is 0 Å². The predicted octanol–water partition coefficient (Wildman–Crippen LogP) is 1.90. The van der Waals surface area contributed by atoms with Gasteiger partial charge in [-0.2, -0.15) is 0 Å². The lowest BCUT2D eigenvalue weighted by Gasteiger charge is -1.93. The Morgan fingerprint density at radius 2 is 2.36 bits per heavy atom. The molecular weight excluding hydrogens is 198 g/mol. The third-order valence-electron chi connectivity index (χ3n) is 1.58. The number of rotatable bonds is 3. The van der Waals surface area contributed by atoms with Crippen LogP contribution in [0.5, 0.6) is 0 Å². The van der Waals surface area contributed by atoms with Gasteiger partial charge in [0.2, 0.25) is 0 Å². The van der Waals surface area contributed by atoms with Gasteiger partial charge >= 0.3 is 5.97 Å². The van der Waals surface area contributed by atoms with E-state index in [1.54, 1.807) is 6.07 Å². The summed E-state index contributed by atoms with van der Waals surface area (Å²) in [4.78, 5) is 12.7. The van der Waals surface area contributed by atoms with Gasteiger partial charge in [0.25, 0.3) is 0 Å². The van der Waals surface area contributed by atoms with Gasteiger partial charge in [-0.3, -0.25) is 0 Å². The summed E-state index contributed by atoms with van der Waals surface area (Å²) in [6.45, 7) is 1.89. The van der Waals surface area contributed by atoms with E-state index in [4.69, 9.17) is 5.73 Å². The number of methoxy groups -OCH3 is 1. The monoisotopic (exact) mass is 211 g/mol. The van der Waals surface area contributed by atoms with Crippen molar-refractivity contribution >= 4 is 23.4 Å². The fourth-order valence-corrected chi connectivity index (χ4v) is 1.74. The fourth-order valence-electron chi connectivity index (χ4n) is 0.899. The Morgan fingerprint density at radius 3 is 2.93 bits per heavy atom. The second kappa shape index (κ2) is 4.93. The van der Waals surface area contributed by atoms with Gasteiger partial charge in [-0.25, -0.2) is 4.79 Å². The second-order valence-corrected chi connectivity index (χ2v) is 4.03. The Balaban J connectivity index is 2.73. The van der Waals surface area contributed by atoms with E-state index in [1.807, 2.05) is 25.1 Å². The van der Waals surface area contributed by atoms with Crippen molar-refractivity contribution in [3.05, 3.63) is 28.0 Å². The maximum atomic E-state index is 11.1. The van der Waals surface area contributed by atoms with Gasteiger partial charge < -0.3 is 10.5 Å². The lowest BCUT2D eigenvalue weighted by Crippen LogP contribution is -2.09. The Hall–Kier alpha value is -1.13. The Kier molecular flexibility index (Phi) is 3.85. The summed E-state index contributed by atoms with van der Waals surface area (Å²) >= 11 is 1.39. The van der Waals surface area contributed by atoms with Gasteiger partial charge in [0.15, 0.2) is 0 Å². The zero-order chi connectivity index (χ0) is 10.6. The number of carbonyl (C=O) groups is 1. The molecule has 0 saturated carbocycles. The van der Waals surface area contributed by atoms with Crippen molar-refractivity contribution < 1.29 is 9.53 Å². The van der Waals surface area contributed by atoms with Crippen molar-refractivity contribution in [2.24, 2.45) is 5.73 Å². The molecule has 0 saturated heterocycles. The minimum Gasteiger partial charge on any atom is -0.465 e. The normalized spacial score (nSPS) is 13.1. The molecule has 0 aliphatic heterocycles. The van der Waals surface area contributed by atoms with Crippen LogP contribution >= 0.6 is 11.3 Å². The first-order chi connectivity index (χ1) is 6.63. The van der Waals surface area contributed by atoms with E-state index in [9.17, 15) is 4.79 Å². The first kappa shape index (κ1) is 10.9. The maximum Gasteiger partial charge on any atom is 0.348 e. The van der Waals surface area contributed by atoms with E-state index < -0.39 is 0 Å². The zero-order valence-corrected chi connectivity index (χ0v) is 9.01. The van der Waals surface area contributed by atoms with Crippen molar-refractivity contribution in [2.75, 3.05) is 7.11 Å². The van der Waals surface area contributed by atoms with Crippen molar-refractivity contribution in [3.63, 3.8) is 0 Å². The molecule has 0 aromatic carbocycles. The summed E-state index contributed by atoms with van der Waals surface area (Å²) < 4.78 is 4.60. The predicted molar refractivity (Wildman–Crippen MR) is 58.3 cm³/mol. The molecule has 1 aromatic rings. The molecule has 14 heavy (non-hydrogen) atoms. The molecule has 0 aliphatic rings. The molecule has 0 spiro atoms. The summed E-state index contributed by atoms with van der Waals surface area (Å²) in [6.07, 6.45) is 3.79. The third-order valence-corrected chi connectivity index (χ3v) is 2.61. The Labute approximate surface area is 87.2 Å². The number of esters is 1. The molecule has 0 radical (unpaired) electrons. The average molecular weight is 211 g/mol. The highest BCUT2D eigenvalue weighted by Gasteiger charge is 2.07. The van der Waals surface area contributed by atoms with Gasteiger partial charge in [0.05, 0.1) is 7.11 Å². The molecule has 1 heterocycles. The van der Waals surface area contributed by atoms with E-state index >= 15 is 0 Å². The molecule has 0 aliphatic carbocycles. The summed E-state index contributed by atoms with van der Waals surface area (Å²) in [5, 5.41) is 0. The highest BCUT2D eigenvalue weighted by molar-refractivity contribution is 7.14. The molecule has 1 unspecified atom stereocenters. The molecule has 0 bridgehead atoms. The van der Waals surface area contributed by atoms with Gasteiger partial charge in [0, 0.05) is 10.9 Å². The molecular formula is C10H13NO2S. The van der Waals surface area contributed by atoms with Crippen LogP contribution in [-0.4, -0.2) is 19.1 Å². The minimum atomic E-state index is -0.296. The first-order valence-corrected chi connectivity index (χ1v) is 5.07. The highest BCUT2D eigenvalue weighted by atomic mass is 32.1. The van der Waals surface area contributed by atoms with Crippen molar-refractivity contribution in [2.45, 2.75) is 13.0 Å². The summed E-state index contributed by atoms with van der Waals surface area (Å²) in [7, 11) is 1.37. The van der Waals surface area contributed by atoms with E-state index in [0.29, 0.717) is 4.88 Å². The van der Waals surface area contributed by atoms with Crippen LogP contribution < -0.4 is 5.73 Å². The molecule has 1 aromatic heterocycles. The third kappa shape index (κ3) is 2.97.